The van der Waals surface area contributed by atoms with Crippen LogP contribution in [0.4, 0.5) is 4.79 Å². The second kappa shape index (κ2) is 12.4. The van der Waals surface area contributed by atoms with E-state index in [1.807, 2.05) is 31.2 Å². The van der Waals surface area contributed by atoms with Crippen molar-refractivity contribution in [1.82, 2.24) is 10.6 Å². The topological polar surface area (TPSA) is 105 Å². The van der Waals surface area contributed by atoms with Gasteiger partial charge in [0.05, 0.1) is 0 Å². The first-order chi connectivity index (χ1) is 16.8. The van der Waals surface area contributed by atoms with Crippen LogP contribution in [0, 0.1) is 11.8 Å². The van der Waals surface area contributed by atoms with Gasteiger partial charge in [0.1, 0.15) is 12.6 Å². The van der Waals surface area contributed by atoms with Crippen molar-refractivity contribution in [1.29, 1.82) is 0 Å². The minimum Gasteiger partial charge on any atom is -0.480 e. The van der Waals surface area contributed by atoms with E-state index in [1.165, 1.54) is 11.1 Å². The van der Waals surface area contributed by atoms with E-state index in [0.717, 1.165) is 17.5 Å². The summed E-state index contributed by atoms with van der Waals surface area (Å²) in [6.07, 6.45) is 1.40. The molecule has 3 rings (SSSR count). The number of carbonyl (C=O) groups is 3. The number of hydrogen-bond acceptors (Lipinski definition) is 4. The fourth-order valence-electron chi connectivity index (χ4n) is 4.84. The maximum atomic E-state index is 12.5. The molecule has 0 saturated heterocycles. The normalized spacial score (nSPS) is 14.1. The van der Waals surface area contributed by atoms with E-state index in [0.29, 0.717) is 18.8 Å². The molecule has 2 aromatic carbocycles. The number of alkyl carbamates (subject to hydrolysis) is 1. The van der Waals surface area contributed by atoms with E-state index in [4.69, 9.17) is 4.74 Å². The lowest BCUT2D eigenvalue weighted by molar-refractivity contribution is -0.142. The Labute approximate surface area is 207 Å². The summed E-state index contributed by atoms with van der Waals surface area (Å²) < 4.78 is 5.60. The van der Waals surface area contributed by atoms with E-state index in [-0.39, 0.29) is 37.3 Å². The van der Waals surface area contributed by atoms with Gasteiger partial charge in [-0.15, -0.1) is 0 Å². The molecule has 1 unspecified atom stereocenters. The van der Waals surface area contributed by atoms with Gasteiger partial charge in [-0.1, -0.05) is 75.7 Å². The molecular formula is C28H36N2O5. The van der Waals surface area contributed by atoms with Crippen molar-refractivity contribution in [3.05, 3.63) is 59.7 Å². The van der Waals surface area contributed by atoms with Crippen LogP contribution >= 0.6 is 0 Å². The van der Waals surface area contributed by atoms with E-state index in [9.17, 15) is 19.5 Å². The predicted octanol–water partition coefficient (Wildman–Crippen LogP) is 4.95. The first kappa shape index (κ1) is 26.3. The van der Waals surface area contributed by atoms with Crippen molar-refractivity contribution in [3.63, 3.8) is 0 Å². The van der Waals surface area contributed by atoms with Crippen LogP contribution in [-0.2, 0) is 14.3 Å². The van der Waals surface area contributed by atoms with Crippen molar-refractivity contribution < 1.29 is 24.2 Å². The molecule has 0 aromatic heterocycles. The average molecular weight is 481 g/mol. The van der Waals surface area contributed by atoms with Crippen LogP contribution in [-0.4, -0.2) is 42.3 Å². The van der Waals surface area contributed by atoms with Gasteiger partial charge in [-0.25, -0.2) is 9.59 Å². The number of hydrogen-bond donors (Lipinski definition) is 3. The van der Waals surface area contributed by atoms with Crippen molar-refractivity contribution in [3.8, 4) is 11.1 Å². The van der Waals surface area contributed by atoms with Crippen molar-refractivity contribution >= 4 is 18.0 Å². The third-order valence-electron chi connectivity index (χ3n) is 6.37. The summed E-state index contributed by atoms with van der Waals surface area (Å²) in [5.74, 6) is -1.16. The molecule has 0 fully saturated rings. The number of ether oxygens (including phenoxy) is 1. The summed E-state index contributed by atoms with van der Waals surface area (Å²) >= 11 is 0. The van der Waals surface area contributed by atoms with E-state index in [2.05, 4.69) is 48.7 Å². The molecule has 2 amide bonds. The van der Waals surface area contributed by atoms with Gasteiger partial charge in [-0.05, 0) is 46.9 Å². The van der Waals surface area contributed by atoms with E-state index < -0.39 is 18.1 Å². The maximum absolute atomic E-state index is 12.5. The van der Waals surface area contributed by atoms with Crippen LogP contribution < -0.4 is 10.6 Å². The molecule has 0 radical (unpaired) electrons. The Kier molecular flexibility index (Phi) is 9.29. The van der Waals surface area contributed by atoms with Gasteiger partial charge in [0.15, 0.2) is 0 Å². The van der Waals surface area contributed by atoms with Gasteiger partial charge in [0.25, 0.3) is 0 Å². The summed E-state index contributed by atoms with van der Waals surface area (Å²) in [7, 11) is 0. The molecule has 7 heteroatoms. The Bertz CT molecular complexity index is 990. The summed E-state index contributed by atoms with van der Waals surface area (Å²) in [5, 5.41) is 14.7. The molecule has 0 heterocycles. The summed E-state index contributed by atoms with van der Waals surface area (Å²) in [6, 6.07) is 15.4. The van der Waals surface area contributed by atoms with Crippen LogP contribution in [0.3, 0.4) is 0 Å². The Morgan fingerprint density at radius 3 is 2.14 bits per heavy atom. The van der Waals surface area contributed by atoms with Crippen molar-refractivity contribution in [2.24, 2.45) is 11.8 Å². The number of fused-ring (bicyclic) bond motifs is 3. The largest absolute Gasteiger partial charge is 0.480 e. The Morgan fingerprint density at radius 2 is 1.60 bits per heavy atom. The van der Waals surface area contributed by atoms with Crippen LogP contribution in [0.1, 0.15) is 63.5 Å². The molecule has 1 aliphatic rings. The lowest BCUT2D eigenvalue weighted by atomic mass is 9.93. The predicted molar refractivity (Wildman–Crippen MR) is 135 cm³/mol. The van der Waals surface area contributed by atoms with Crippen molar-refractivity contribution in [2.75, 3.05) is 13.2 Å². The lowest BCUT2D eigenvalue weighted by Crippen LogP contribution is -2.42. The number of carboxylic acids is 1. The zero-order valence-corrected chi connectivity index (χ0v) is 20.8. The SMILES string of the molecule is CCCC(NC(=O)C[C@@H](CNC(=O)OCC1c2ccccc2-c2ccccc21)CC(C)C)C(=O)O. The molecule has 188 valence electrons. The molecule has 7 nitrogen and oxygen atoms in total. The van der Waals surface area contributed by atoms with Gasteiger partial charge in [0, 0.05) is 18.9 Å². The average Bonchev–Trinajstić information content (AvgIpc) is 3.14. The quantitative estimate of drug-likeness (QED) is 0.399. The second-order valence-corrected chi connectivity index (χ2v) is 9.65. The number of nitrogens with one attached hydrogen (secondary N) is 2. The van der Waals surface area contributed by atoms with Gasteiger partial charge >= 0.3 is 12.1 Å². The summed E-state index contributed by atoms with van der Waals surface area (Å²) in [4.78, 5) is 36.4. The number of aliphatic carboxylic acids is 1. The zero-order valence-electron chi connectivity index (χ0n) is 20.8. The highest BCUT2D eigenvalue weighted by atomic mass is 16.5. The van der Waals surface area contributed by atoms with Crippen LogP contribution in [0.25, 0.3) is 11.1 Å². The molecule has 0 bridgehead atoms. The molecule has 3 N–H and O–H groups in total. The van der Waals surface area contributed by atoms with Gasteiger partial charge in [-0.2, -0.15) is 0 Å². The standard InChI is InChI=1S/C28H36N2O5/c1-4-9-25(27(32)33)30-26(31)15-19(14-18(2)3)16-29-28(34)35-17-24-22-12-7-5-10-20(22)21-11-6-8-13-23(21)24/h5-8,10-13,18-19,24-25H,4,9,14-17H2,1-3H3,(H,29,34)(H,30,31)(H,32,33)/t19-,25?/m0/s1. The van der Waals surface area contributed by atoms with Gasteiger partial charge in [-0.3, -0.25) is 4.79 Å². The van der Waals surface area contributed by atoms with Crippen LogP contribution in [0.2, 0.25) is 0 Å². The maximum Gasteiger partial charge on any atom is 0.407 e. The van der Waals surface area contributed by atoms with Crippen molar-refractivity contribution in [2.45, 2.75) is 58.4 Å². The van der Waals surface area contributed by atoms with Crippen LogP contribution in [0.15, 0.2) is 48.5 Å². The number of carbonyl (C=O) groups excluding carboxylic acids is 2. The van der Waals surface area contributed by atoms with Crippen LogP contribution in [0.5, 0.6) is 0 Å². The van der Waals surface area contributed by atoms with Gasteiger partial charge < -0.3 is 20.5 Å². The molecule has 1 aliphatic carbocycles. The summed E-state index contributed by atoms with van der Waals surface area (Å²) in [5.41, 5.74) is 4.64. The highest BCUT2D eigenvalue weighted by Gasteiger charge is 2.29. The zero-order chi connectivity index (χ0) is 25.4. The molecule has 35 heavy (non-hydrogen) atoms. The first-order valence-corrected chi connectivity index (χ1v) is 12.4. The third-order valence-corrected chi connectivity index (χ3v) is 6.37. The van der Waals surface area contributed by atoms with Gasteiger partial charge in [0.2, 0.25) is 5.91 Å². The fraction of sp³-hybridized carbons (Fsp3) is 0.464. The first-order valence-electron chi connectivity index (χ1n) is 12.4. The molecule has 0 aliphatic heterocycles. The summed E-state index contributed by atoms with van der Waals surface area (Å²) in [6.45, 7) is 6.49. The Morgan fingerprint density at radius 1 is 1.00 bits per heavy atom. The smallest absolute Gasteiger partial charge is 0.407 e. The Hall–Kier alpha value is -3.35. The molecule has 0 saturated carbocycles. The second-order valence-electron chi connectivity index (χ2n) is 9.65. The minimum atomic E-state index is -1.03. The molecular weight excluding hydrogens is 444 g/mol. The number of benzene rings is 2. The third kappa shape index (κ3) is 7.07. The minimum absolute atomic E-state index is 0.0168. The molecule has 2 aromatic rings. The molecule has 2 atom stereocenters. The lowest BCUT2D eigenvalue weighted by Gasteiger charge is -2.21. The number of carboxylic acid groups (broad SMARTS) is 1. The van der Waals surface area contributed by atoms with E-state index >= 15 is 0 Å². The monoisotopic (exact) mass is 480 g/mol. The highest BCUT2D eigenvalue weighted by molar-refractivity contribution is 5.83. The number of rotatable bonds is 12. The molecule has 0 spiro atoms. The number of amides is 2. The Balaban J connectivity index is 1.55. The van der Waals surface area contributed by atoms with E-state index in [1.54, 1.807) is 0 Å². The highest BCUT2D eigenvalue weighted by Crippen LogP contribution is 2.44. The fourth-order valence-corrected chi connectivity index (χ4v) is 4.84.